The normalized spacial score (nSPS) is 10.7. The number of carbonyl (C=O) groups is 2. The molecular formula is C19H19N3O2. The fraction of sp³-hybridized carbons (Fsp3) is 0.211. The first-order valence-corrected chi connectivity index (χ1v) is 7.91. The number of amides is 1. The number of carbonyl (C=O) groups excluding carboxylic acids is 2. The second kappa shape index (κ2) is 7.08. The van der Waals surface area contributed by atoms with Crippen LogP contribution in [0.3, 0.4) is 0 Å². The summed E-state index contributed by atoms with van der Waals surface area (Å²) >= 11 is 0. The standard InChI is InChI=1S/C19H19N3O2/c1-14-7-9-18-21-16(13-22(18)12-14)11-20-19(24)10-8-17(23)15-5-3-2-4-6-15/h2-7,9,12-13H,8,10-11H2,1H3,(H,20,24). The Kier molecular flexibility index (Phi) is 4.70. The maximum absolute atomic E-state index is 12.0. The van der Waals surface area contributed by atoms with Crippen molar-refractivity contribution in [3.8, 4) is 0 Å². The van der Waals surface area contributed by atoms with Crippen molar-refractivity contribution in [2.75, 3.05) is 0 Å². The lowest BCUT2D eigenvalue weighted by Crippen LogP contribution is -2.23. The van der Waals surface area contributed by atoms with Gasteiger partial charge in [0, 0.05) is 30.8 Å². The zero-order valence-corrected chi connectivity index (χ0v) is 13.5. The summed E-state index contributed by atoms with van der Waals surface area (Å²) in [4.78, 5) is 28.4. The molecule has 0 unspecified atom stereocenters. The first kappa shape index (κ1) is 15.9. The molecule has 5 nitrogen and oxygen atoms in total. The van der Waals surface area contributed by atoms with E-state index in [4.69, 9.17) is 0 Å². The summed E-state index contributed by atoms with van der Waals surface area (Å²) in [6.45, 7) is 2.38. The highest BCUT2D eigenvalue weighted by atomic mass is 16.2. The van der Waals surface area contributed by atoms with Gasteiger partial charge in [-0.2, -0.15) is 0 Å². The lowest BCUT2D eigenvalue weighted by Gasteiger charge is -2.03. The number of ketones is 1. The fourth-order valence-corrected chi connectivity index (χ4v) is 2.51. The number of imidazole rings is 1. The van der Waals surface area contributed by atoms with Crippen LogP contribution in [0, 0.1) is 6.92 Å². The number of aryl methyl sites for hydroxylation is 1. The maximum Gasteiger partial charge on any atom is 0.220 e. The van der Waals surface area contributed by atoms with Crippen molar-refractivity contribution in [3.63, 3.8) is 0 Å². The molecule has 2 aromatic heterocycles. The molecule has 1 amide bonds. The van der Waals surface area contributed by atoms with Crippen LogP contribution >= 0.6 is 0 Å². The number of hydrogen-bond acceptors (Lipinski definition) is 3. The monoisotopic (exact) mass is 321 g/mol. The third kappa shape index (κ3) is 3.87. The first-order chi connectivity index (χ1) is 11.6. The number of aromatic nitrogens is 2. The van der Waals surface area contributed by atoms with Crippen molar-refractivity contribution in [2.45, 2.75) is 26.3 Å². The third-order valence-corrected chi connectivity index (χ3v) is 3.79. The summed E-state index contributed by atoms with van der Waals surface area (Å²) in [5.41, 5.74) is 3.43. The number of Topliss-reactive ketones (excluding diaryl/α,β-unsaturated/α-hetero) is 1. The molecule has 0 fully saturated rings. The number of fused-ring (bicyclic) bond motifs is 1. The van der Waals surface area contributed by atoms with Crippen molar-refractivity contribution in [2.24, 2.45) is 0 Å². The molecule has 24 heavy (non-hydrogen) atoms. The van der Waals surface area contributed by atoms with Gasteiger partial charge in [0.05, 0.1) is 12.2 Å². The number of hydrogen-bond donors (Lipinski definition) is 1. The van der Waals surface area contributed by atoms with Crippen LogP contribution in [0.15, 0.2) is 54.9 Å². The molecule has 0 aliphatic heterocycles. The number of pyridine rings is 1. The third-order valence-electron chi connectivity index (χ3n) is 3.79. The highest BCUT2D eigenvalue weighted by Gasteiger charge is 2.09. The Balaban J connectivity index is 1.50. The summed E-state index contributed by atoms with van der Waals surface area (Å²) in [6, 6.07) is 13.0. The lowest BCUT2D eigenvalue weighted by molar-refractivity contribution is -0.121. The smallest absolute Gasteiger partial charge is 0.220 e. The predicted molar refractivity (Wildman–Crippen MR) is 91.8 cm³/mol. The zero-order chi connectivity index (χ0) is 16.9. The maximum atomic E-state index is 12.0. The molecule has 2 heterocycles. The molecule has 0 aliphatic rings. The van der Waals surface area contributed by atoms with Crippen LogP contribution < -0.4 is 5.32 Å². The van der Waals surface area contributed by atoms with E-state index < -0.39 is 0 Å². The Bertz CT molecular complexity index is 869. The number of benzene rings is 1. The van der Waals surface area contributed by atoms with Gasteiger partial charge < -0.3 is 9.72 Å². The van der Waals surface area contributed by atoms with Crippen LogP contribution in [0.2, 0.25) is 0 Å². The van der Waals surface area contributed by atoms with E-state index in [9.17, 15) is 9.59 Å². The fourth-order valence-electron chi connectivity index (χ4n) is 2.51. The molecule has 0 saturated carbocycles. The van der Waals surface area contributed by atoms with Crippen molar-refractivity contribution in [1.29, 1.82) is 0 Å². The van der Waals surface area contributed by atoms with Gasteiger partial charge in [0.2, 0.25) is 5.91 Å². The van der Waals surface area contributed by atoms with Gasteiger partial charge in [-0.05, 0) is 18.6 Å². The van der Waals surface area contributed by atoms with Gasteiger partial charge in [0.15, 0.2) is 5.78 Å². The molecule has 0 spiro atoms. The predicted octanol–water partition coefficient (Wildman–Crippen LogP) is 2.92. The minimum atomic E-state index is -0.146. The van der Waals surface area contributed by atoms with E-state index >= 15 is 0 Å². The van der Waals surface area contributed by atoms with E-state index in [-0.39, 0.29) is 24.5 Å². The van der Waals surface area contributed by atoms with Crippen molar-refractivity contribution < 1.29 is 9.59 Å². The van der Waals surface area contributed by atoms with E-state index in [0.717, 1.165) is 16.9 Å². The van der Waals surface area contributed by atoms with Crippen LogP contribution in [-0.4, -0.2) is 21.1 Å². The second-order valence-electron chi connectivity index (χ2n) is 5.77. The largest absolute Gasteiger partial charge is 0.350 e. The Hall–Kier alpha value is -2.95. The van der Waals surface area contributed by atoms with Crippen LogP contribution in [-0.2, 0) is 11.3 Å². The van der Waals surface area contributed by atoms with E-state index in [1.165, 1.54) is 0 Å². The van der Waals surface area contributed by atoms with E-state index in [2.05, 4.69) is 10.3 Å². The molecule has 1 aromatic carbocycles. The Morgan fingerprint density at radius 3 is 2.62 bits per heavy atom. The lowest BCUT2D eigenvalue weighted by atomic mass is 10.1. The van der Waals surface area contributed by atoms with Crippen LogP contribution in [0.5, 0.6) is 0 Å². The van der Waals surface area contributed by atoms with Crippen molar-refractivity contribution in [1.82, 2.24) is 14.7 Å². The van der Waals surface area contributed by atoms with Gasteiger partial charge in [0.1, 0.15) is 5.65 Å². The quantitative estimate of drug-likeness (QED) is 0.710. The highest BCUT2D eigenvalue weighted by molar-refractivity contribution is 5.97. The van der Waals surface area contributed by atoms with Gasteiger partial charge in [-0.15, -0.1) is 0 Å². The summed E-state index contributed by atoms with van der Waals surface area (Å²) in [7, 11) is 0. The van der Waals surface area contributed by atoms with E-state index in [1.54, 1.807) is 12.1 Å². The van der Waals surface area contributed by atoms with Crippen LogP contribution in [0.25, 0.3) is 5.65 Å². The molecule has 0 radical (unpaired) electrons. The molecule has 3 aromatic rings. The first-order valence-electron chi connectivity index (χ1n) is 7.91. The second-order valence-corrected chi connectivity index (χ2v) is 5.77. The summed E-state index contributed by atoms with van der Waals surface area (Å²) < 4.78 is 1.94. The molecular weight excluding hydrogens is 302 g/mol. The summed E-state index contributed by atoms with van der Waals surface area (Å²) in [6.07, 6.45) is 4.28. The number of nitrogens with zero attached hydrogens (tertiary/aromatic N) is 2. The Morgan fingerprint density at radius 2 is 1.83 bits per heavy atom. The van der Waals surface area contributed by atoms with Gasteiger partial charge in [-0.1, -0.05) is 36.4 Å². The Labute approximate surface area is 140 Å². The van der Waals surface area contributed by atoms with Crippen LogP contribution in [0.1, 0.15) is 34.5 Å². The molecule has 1 N–H and O–H groups in total. The van der Waals surface area contributed by atoms with Crippen LogP contribution in [0.4, 0.5) is 0 Å². The Morgan fingerprint density at radius 1 is 1.04 bits per heavy atom. The molecule has 3 rings (SSSR count). The summed E-state index contributed by atoms with van der Waals surface area (Å²) in [5, 5.41) is 2.81. The van der Waals surface area contributed by atoms with E-state index in [1.807, 2.05) is 54.0 Å². The average Bonchev–Trinajstić information content (AvgIpc) is 3.00. The molecule has 0 atom stereocenters. The minimum Gasteiger partial charge on any atom is -0.350 e. The minimum absolute atomic E-state index is 0.0195. The SMILES string of the molecule is Cc1ccc2nc(CNC(=O)CCC(=O)c3ccccc3)cn2c1. The van der Waals surface area contributed by atoms with Gasteiger partial charge in [0.25, 0.3) is 0 Å². The summed E-state index contributed by atoms with van der Waals surface area (Å²) in [5.74, 6) is -0.165. The molecule has 0 saturated heterocycles. The van der Waals surface area contributed by atoms with Crippen molar-refractivity contribution in [3.05, 3.63) is 71.7 Å². The zero-order valence-electron chi connectivity index (χ0n) is 13.5. The number of nitrogens with one attached hydrogen (secondary N) is 1. The molecule has 122 valence electrons. The van der Waals surface area contributed by atoms with Gasteiger partial charge >= 0.3 is 0 Å². The molecule has 0 bridgehead atoms. The molecule has 0 aliphatic carbocycles. The van der Waals surface area contributed by atoms with Gasteiger partial charge in [-0.25, -0.2) is 4.98 Å². The van der Waals surface area contributed by atoms with E-state index in [0.29, 0.717) is 12.1 Å². The van der Waals surface area contributed by atoms with Gasteiger partial charge in [-0.3, -0.25) is 9.59 Å². The molecule has 5 heteroatoms. The highest BCUT2D eigenvalue weighted by Crippen LogP contribution is 2.08. The average molecular weight is 321 g/mol. The van der Waals surface area contributed by atoms with Crippen molar-refractivity contribution >= 4 is 17.3 Å². The number of rotatable bonds is 6. The topological polar surface area (TPSA) is 63.5 Å².